The van der Waals surface area contributed by atoms with Crippen molar-refractivity contribution in [3.05, 3.63) is 0 Å². The predicted octanol–water partition coefficient (Wildman–Crippen LogP) is 4.20. The maximum atomic E-state index is 3.76. The lowest BCUT2D eigenvalue weighted by Gasteiger charge is -2.24. The second-order valence-electron chi connectivity index (χ2n) is 7.03. The number of hydrogen-bond donors (Lipinski definition) is 1. The molecular formula is C18H36N2. The van der Waals surface area contributed by atoms with E-state index in [2.05, 4.69) is 17.1 Å². The Labute approximate surface area is 126 Å². The molecule has 2 rings (SSSR count). The van der Waals surface area contributed by atoms with Crippen molar-refractivity contribution in [2.45, 2.75) is 83.6 Å². The van der Waals surface area contributed by atoms with Crippen molar-refractivity contribution in [3.8, 4) is 0 Å². The van der Waals surface area contributed by atoms with E-state index < -0.39 is 0 Å². The Morgan fingerprint density at radius 3 is 2.35 bits per heavy atom. The van der Waals surface area contributed by atoms with E-state index in [1.165, 1.54) is 96.8 Å². The first-order valence-electron chi connectivity index (χ1n) is 9.36. The fraction of sp³-hybridized carbons (Fsp3) is 1.00. The van der Waals surface area contributed by atoms with Crippen LogP contribution in [0.3, 0.4) is 0 Å². The van der Waals surface area contributed by atoms with Gasteiger partial charge in [0.05, 0.1) is 0 Å². The highest BCUT2D eigenvalue weighted by atomic mass is 15.2. The fourth-order valence-electron chi connectivity index (χ4n) is 3.51. The Balaban J connectivity index is 1.47. The number of nitrogens with zero attached hydrogens (tertiary/aromatic N) is 1. The average molecular weight is 281 g/mol. The van der Waals surface area contributed by atoms with Crippen LogP contribution in [0.25, 0.3) is 0 Å². The molecule has 0 amide bonds. The van der Waals surface area contributed by atoms with Gasteiger partial charge in [0.15, 0.2) is 0 Å². The molecule has 1 unspecified atom stereocenters. The molecule has 0 aromatic heterocycles. The van der Waals surface area contributed by atoms with Crippen molar-refractivity contribution >= 4 is 0 Å². The lowest BCUT2D eigenvalue weighted by Crippen LogP contribution is -2.39. The quantitative estimate of drug-likeness (QED) is 0.603. The molecular weight excluding hydrogens is 244 g/mol. The maximum absolute atomic E-state index is 3.76. The van der Waals surface area contributed by atoms with Crippen LogP contribution in [0.2, 0.25) is 0 Å². The third-order valence-corrected chi connectivity index (χ3v) is 5.03. The zero-order valence-electron chi connectivity index (χ0n) is 13.7. The minimum absolute atomic E-state index is 0.812. The zero-order valence-corrected chi connectivity index (χ0v) is 13.7. The Morgan fingerprint density at radius 1 is 0.950 bits per heavy atom. The number of rotatable bonds is 10. The number of hydrogen-bond acceptors (Lipinski definition) is 2. The third-order valence-electron chi connectivity index (χ3n) is 5.03. The van der Waals surface area contributed by atoms with E-state index in [0.717, 1.165) is 12.0 Å². The summed E-state index contributed by atoms with van der Waals surface area (Å²) in [5, 5.41) is 3.76. The molecule has 0 bridgehead atoms. The van der Waals surface area contributed by atoms with Crippen LogP contribution in [-0.2, 0) is 0 Å². The van der Waals surface area contributed by atoms with Gasteiger partial charge in [0, 0.05) is 12.6 Å². The summed E-state index contributed by atoms with van der Waals surface area (Å²) in [5.74, 6) is 1.01. The monoisotopic (exact) mass is 280 g/mol. The van der Waals surface area contributed by atoms with Gasteiger partial charge in [-0.25, -0.2) is 0 Å². The smallest absolute Gasteiger partial charge is 0.0223 e. The summed E-state index contributed by atoms with van der Waals surface area (Å²) < 4.78 is 0. The molecule has 0 spiro atoms. The SMILES string of the molecule is CCCCCCCCCCN1CCCNC(C2CC2)C1. The normalized spacial score (nSPS) is 24.8. The van der Waals surface area contributed by atoms with E-state index in [0.29, 0.717) is 0 Å². The molecule has 1 saturated carbocycles. The van der Waals surface area contributed by atoms with Crippen molar-refractivity contribution in [1.82, 2.24) is 10.2 Å². The standard InChI is InChI=1S/C18H36N2/c1-2-3-4-5-6-7-8-9-14-20-15-10-13-19-18(16-20)17-11-12-17/h17-19H,2-16H2,1H3. The van der Waals surface area contributed by atoms with Crippen LogP contribution in [0, 0.1) is 5.92 Å². The molecule has 1 saturated heterocycles. The Morgan fingerprint density at radius 2 is 1.65 bits per heavy atom. The van der Waals surface area contributed by atoms with Crippen LogP contribution < -0.4 is 5.32 Å². The van der Waals surface area contributed by atoms with Gasteiger partial charge in [0.2, 0.25) is 0 Å². The van der Waals surface area contributed by atoms with Crippen molar-refractivity contribution < 1.29 is 0 Å². The summed E-state index contributed by atoms with van der Waals surface area (Å²) in [4.78, 5) is 2.74. The summed E-state index contributed by atoms with van der Waals surface area (Å²) in [7, 11) is 0. The van der Waals surface area contributed by atoms with Crippen LogP contribution in [0.1, 0.15) is 77.6 Å². The molecule has 2 aliphatic rings. The molecule has 20 heavy (non-hydrogen) atoms. The van der Waals surface area contributed by atoms with Gasteiger partial charge in [0.1, 0.15) is 0 Å². The molecule has 1 atom stereocenters. The molecule has 1 N–H and O–H groups in total. The highest BCUT2D eigenvalue weighted by Gasteiger charge is 2.32. The van der Waals surface area contributed by atoms with E-state index >= 15 is 0 Å². The van der Waals surface area contributed by atoms with Crippen molar-refractivity contribution in [2.24, 2.45) is 5.92 Å². The number of unbranched alkanes of at least 4 members (excludes halogenated alkanes) is 7. The molecule has 118 valence electrons. The predicted molar refractivity (Wildman–Crippen MR) is 88.2 cm³/mol. The van der Waals surface area contributed by atoms with Gasteiger partial charge < -0.3 is 10.2 Å². The van der Waals surface area contributed by atoms with Crippen molar-refractivity contribution in [1.29, 1.82) is 0 Å². The van der Waals surface area contributed by atoms with Crippen LogP contribution in [0.15, 0.2) is 0 Å². The van der Waals surface area contributed by atoms with Crippen molar-refractivity contribution in [3.63, 3.8) is 0 Å². The molecule has 0 aromatic carbocycles. The first kappa shape index (κ1) is 16.3. The highest BCUT2D eigenvalue weighted by molar-refractivity contribution is 4.89. The van der Waals surface area contributed by atoms with E-state index in [1.54, 1.807) is 0 Å². The summed E-state index contributed by atoms with van der Waals surface area (Å²) in [5.41, 5.74) is 0. The van der Waals surface area contributed by atoms with Gasteiger partial charge in [-0.15, -0.1) is 0 Å². The Hall–Kier alpha value is -0.0800. The van der Waals surface area contributed by atoms with Gasteiger partial charge in [-0.05, 0) is 51.2 Å². The molecule has 1 aliphatic carbocycles. The van der Waals surface area contributed by atoms with Gasteiger partial charge >= 0.3 is 0 Å². The summed E-state index contributed by atoms with van der Waals surface area (Å²) in [6.07, 6.45) is 15.8. The van der Waals surface area contributed by atoms with E-state index in [9.17, 15) is 0 Å². The minimum atomic E-state index is 0.812. The van der Waals surface area contributed by atoms with Gasteiger partial charge in [0.25, 0.3) is 0 Å². The van der Waals surface area contributed by atoms with Gasteiger partial charge in [-0.3, -0.25) is 0 Å². The summed E-state index contributed by atoms with van der Waals surface area (Å²) in [6, 6.07) is 0.812. The lowest BCUT2D eigenvalue weighted by atomic mass is 10.1. The molecule has 2 nitrogen and oxygen atoms in total. The molecule has 1 heterocycles. The number of nitrogens with one attached hydrogen (secondary N) is 1. The topological polar surface area (TPSA) is 15.3 Å². The third kappa shape index (κ3) is 6.58. The van der Waals surface area contributed by atoms with Crippen LogP contribution >= 0.6 is 0 Å². The summed E-state index contributed by atoms with van der Waals surface area (Å²) in [6.45, 7) is 7.54. The zero-order chi connectivity index (χ0) is 14.0. The fourth-order valence-corrected chi connectivity index (χ4v) is 3.51. The van der Waals surface area contributed by atoms with Crippen LogP contribution in [0.4, 0.5) is 0 Å². The minimum Gasteiger partial charge on any atom is -0.312 e. The summed E-state index contributed by atoms with van der Waals surface area (Å²) >= 11 is 0. The van der Waals surface area contributed by atoms with Crippen LogP contribution in [-0.4, -0.2) is 37.1 Å². The molecule has 1 aliphatic heterocycles. The van der Waals surface area contributed by atoms with Crippen molar-refractivity contribution in [2.75, 3.05) is 26.2 Å². The average Bonchev–Trinajstić information content (AvgIpc) is 3.27. The second-order valence-corrected chi connectivity index (χ2v) is 7.03. The highest BCUT2D eigenvalue weighted by Crippen LogP contribution is 2.33. The van der Waals surface area contributed by atoms with E-state index in [4.69, 9.17) is 0 Å². The van der Waals surface area contributed by atoms with Crippen LogP contribution in [0.5, 0.6) is 0 Å². The van der Waals surface area contributed by atoms with Gasteiger partial charge in [-0.2, -0.15) is 0 Å². The lowest BCUT2D eigenvalue weighted by molar-refractivity contribution is 0.252. The molecule has 0 aromatic rings. The molecule has 0 radical (unpaired) electrons. The Bertz CT molecular complexity index is 238. The first-order valence-corrected chi connectivity index (χ1v) is 9.36. The Kier molecular flexibility index (Phi) is 7.97. The molecule has 2 fully saturated rings. The largest absolute Gasteiger partial charge is 0.312 e. The first-order chi connectivity index (χ1) is 9.90. The second kappa shape index (κ2) is 9.78. The van der Waals surface area contributed by atoms with E-state index in [-0.39, 0.29) is 0 Å². The van der Waals surface area contributed by atoms with Gasteiger partial charge in [-0.1, -0.05) is 51.9 Å². The van der Waals surface area contributed by atoms with E-state index in [1.807, 2.05) is 0 Å². The maximum Gasteiger partial charge on any atom is 0.0223 e. The molecule has 2 heteroatoms.